The van der Waals surface area contributed by atoms with Crippen LogP contribution in [-0.4, -0.2) is 32.4 Å². The molecular weight excluding hydrogens is 290 g/mol. The van der Waals surface area contributed by atoms with Crippen molar-refractivity contribution < 1.29 is 17.9 Å². The standard InChI is InChI=1S/C15H25NO4S/c1-7-13(21(18,19)8-2)10-9-12(3)11-16-14(17)20-15(4,5)6/h7,9-10H,3,8,11H2,1-2,4-6H3,(H,16,17)/b10-9-,13-7+. The van der Waals surface area contributed by atoms with Crippen molar-refractivity contribution in [1.29, 1.82) is 0 Å². The van der Waals surface area contributed by atoms with Crippen LogP contribution in [0.1, 0.15) is 34.6 Å². The first-order valence-corrected chi connectivity index (χ1v) is 8.39. The second-order valence-electron chi connectivity index (χ2n) is 5.44. The van der Waals surface area contributed by atoms with Crippen molar-refractivity contribution in [2.24, 2.45) is 0 Å². The Morgan fingerprint density at radius 2 is 1.86 bits per heavy atom. The zero-order valence-electron chi connectivity index (χ0n) is 13.4. The molecule has 0 radical (unpaired) electrons. The number of carbonyl (C=O) groups excluding carboxylic acids is 1. The summed E-state index contributed by atoms with van der Waals surface area (Å²) < 4.78 is 28.5. The van der Waals surface area contributed by atoms with Crippen LogP contribution in [0, 0.1) is 0 Å². The average Bonchev–Trinajstić information content (AvgIpc) is 2.34. The van der Waals surface area contributed by atoms with E-state index in [1.165, 1.54) is 12.2 Å². The summed E-state index contributed by atoms with van der Waals surface area (Å²) in [5.74, 6) is 0.0413. The van der Waals surface area contributed by atoms with Gasteiger partial charge in [0.2, 0.25) is 0 Å². The maximum absolute atomic E-state index is 11.7. The molecule has 120 valence electrons. The highest BCUT2D eigenvalue weighted by molar-refractivity contribution is 7.95. The maximum atomic E-state index is 11.7. The van der Waals surface area contributed by atoms with Crippen molar-refractivity contribution in [3.05, 3.63) is 35.3 Å². The fourth-order valence-electron chi connectivity index (χ4n) is 1.30. The van der Waals surface area contributed by atoms with Crippen LogP contribution in [-0.2, 0) is 14.6 Å². The Bertz CT molecular complexity index is 537. The first-order chi connectivity index (χ1) is 9.51. The minimum absolute atomic E-state index is 0.0413. The normalized spacial score (nSPS) is 13.3. The molecule has 0 aliphatic rings. The second-order valence-corrected chi connectivity index (χ2v) is 7.72. The molecule has 0 aromatic carbocycles. The predicted molar refractivity (Wildman–Crippen MR) is 85.7 cm³/mol. The van der Waals surface area contributed by atoms with E-state index in [1.54, 1.807) is 40.7 Å². The summed E-state index contributed by atoms with van der Waals surface area (Å²) in [7, 11) is -3.24. The van der Waals surface area contributed by atoms with Crippen LogP contribution in [0.25, 0.3) is 0 Å². The van der Waals surface area contributed by atoms with Gasteiger partial charge in [0.15, 0.2) is 9.84 Å². The molecule has 0 spiro atoms. The Balaban J connectivity index is 4.52. The van der Waals surface area contributed by atoms with E-state index in [0.717, 1.165) is 0 Å². The topological polar surface area (TPSA) is 72.5 Å². The molecule has 6 heteroatoms. The van der Waals surface area contributed by atoms with Gasteiger partial charge in [-0.15, -0.1) is 0 Å². The van der Waals surface area contributed by atoms with Gasteiger partial charge in [0.05, 0.1) is 10.7 Å². The zero-order valence-corrected chi connectivity index (χ0v) is 14.2. The summed E-state index contributed by atoms with van der Waals surface area (Å²) in [4.78, 5) is 11.7. The Morgan fingerprint density at radius 3 is 2.29 bits per heavy atom. The fraction of sp³-hybridized carbons (Fsp3) is 0.533. The Kier molecular flexibility index (Phi) is 7.43. The first-order valence-electron chi connectivity index (χ1n) is 6.73. The molecule has 0 saturated heterocycles. The van der Waals surface area contributed by atoms with Crippen LogP contribution in [0.3, 0.4) is 0 Å². The lowest BCUT2D eigenvalue weighted by atomic mass is 10.2. The molecule has 21 heavy (non-hydrogen) atoms. The number of carbonyl (C=O) groups is 1. The highest BCUT2D eigenvalue weighted by atomic mass is 32.2. The molecule has 0 heterocycles. The molecule has 0 bridgehead atoms. The van der Waals surface area contributed by atoms with Gasteiger partial charge in [-0.2, -0.15) is 0 Å². The summed E-state index contributed by atoms with van der Waals surface area (Å²) in [5, 5.41) is 2.55. The molecule has 0 aliphatic carbocycles. The summed E-state index contributed by atoms with van der Waals surface area (Å²) >= 11 is 0. The number of sulfone groups is 1. The van der Waals surface area contributed by atoms with Crippen molar-refractivity contribution in [1.82, 2.24) is 5.32 Å². The molecule has 0 saturated carbocycles. The van der Waals surface area contributed by atoms with Crippen molar-refractivity contribution in [2.45, 2.75) is 40.2 Å². The van der Waals surface area contributed by atoms with E-state index in [0.29, 0.717) is 5.57 Å². The Labute approximate surface area is 127 Å². The van der Waals surface area contributed by atoms with E-state index in [2.05, 4.69) is 11.9 Å². The Hall–Kier alpha value is -1.56. The van der Waals surface area contributed by atoms with Crippen molar-refractivity contribution in [3.63, 3.8) is 0 Å². The molecule has 1 N–H and O–H groups in total. The van der Waals surface area contributed by atoms with Crippen molar-refractivity contribution in [3.8, 4) is 0 Å². The summed E-state index contributed by atoms with van der Waals surface area (Å²) in [5.41, 5.74) is 0.0145. The van der Waals surface area contributed by atoms with E-state index in [-0.39, 0.29) is 17.2 Å². The minimum atomic E-state index is -3.24. The van der Waals surface area contributed by atoms with Crippen LogP contribution in [0.2, 0.25) is 0 Å². The Morgan fingerprint density at radius 1 is 1.29 bits per heavy atom. The molecule has 0 aromatic heterocycles. The van der Waals surface area contributed by atoms with E-state index in [4.69, 9.17) is 4.74 Å². The van der Waals surface area contributed by atoms with E-state index in [1.807, 2.05) is 0 Å². The number of alkyl carbamates (subject to hydrolysis) is 1. The summed E-state index contributed by atoms with van der Waals surface area (Å²) in [6, 6.07) is 0. The third-order valence-corrected chi connectivity index (χ3v) is 4.22. The highest BCUT2D eigenvalue weighted by Gasteiger charge is 2.15. The molecule has 0 unspecified atom stereocenters. The lowest BCUT2D eigenvalue weighted by molar-refractivity contribution is 0.0533. The number of amides is 1. The molecule has 5 nitrogen and oxygen atoms in total. The van der Waals surface area contributed by atoms with E-state index < -0.39 is 21.5 Å². The van der Waals surface area contributed by atoms with Crippen molar-refractivity contribution >= 4 is 15.9 Å². The predicted octanol–water partition coefficient (Wildman–Crippen LogP) is 2.96. The van der Waals surface area contributed by atoms with Crippen LogP contribution < -0.4 is 5.32 Å². The highest BCUT2D eigenvalue weighted by Crippen LogP contribution is 2.10. The van der Waals surface area contributed by atoms with Crippen molar-refractivity contribution in [2.75, 3.05) is 12.3 Å². The van der Waals surface area contributed by atoms with Crippen LogP contribution >= 0.6 is 0 Å². The number of allylic oxidation sites excluding steroid dienone is 2. The van der Waals surface area contributed by atoms with Crippen LogP contribution in [0.15, 0.2) is 35.3 Å². The molecule has 0 rings (SSSR count). The number of nitrogens with one attached hydrogen (secondary N) is 1. The van der Waals surface area contributed by atoms with E-state index in [9.17, 15) is 13.2 Å². The van der Waals surface area contributed by atoms with Gasteiger partial charge in [-0.1, -0.05) is 25.7 Å². The van der Waals surface area contributed by atoms with Gasteiger partial charge < -0.3 is 10.1 Å². The maximum Gasteiger partial charge on any atom is 0.407 e. The van der Waals surface area contributed by atoms with Crippen LogP contribution in [0.5, 0.6) is 0 Å². The smallest absolute Gasteiger partial charge is 0.407 e. The third kappa shape index (κ3) is 8.34. The van der Waals surface area contributed by atoms with Crippen LogP contribution in [0.4, 0.5) is 4.79 Å². The molecule has 1 amide bonds. The molecular formula is C15H25NO4S. The lowest BCUT2D eigenvalue weighted by Crippen LogP contribution is -2.33. The third-order valence-electron chi connectivity index (χ3n) is 2.37. The minimum Gasteiger partial charge on any atom is -0.444 e. The zero-order chi connectivity index (χ0) is 16.7. The fourth-order valence-corrected chi connectivity index (χ4v) is 2.27. The number of ether oxygens (including phenoxy) is 1. The average molecular weight is 315 g/mol. The van der Waals surface area contributed by atoms with Gasteiger partial charge in [0.1, 0.15) is 5.60 Å². The summed E-state index contributed by atoms with van der Waals surface area (Å²) in [6.07, 6.45) is 4.05. The van der Waals surface area contributed by atoms with Gasteiger partial charge in [-0.3, -0.25) is 0 Å². The van der Waals surface area contributed by atoms with Gasteiger partial charge in [-0.05, 0) is 39.3 Å². The van der Waals surface area contributed by atoms with Gasteiger partial charge in [0, 0.05) is 6.54 Å². The number of rotatable bonds is 6. The number of hydrogen-bond donors (Lipinski definition) is 1. The second kappa shape index (κ2) is 8.02. The molecule has 0 aliphatic heterocycles. The molecule has 0 aromatic rings. The largest absolute Gasteiger partial charge is 0.444 e. The lowest BCUT2D eigenvalue weighted by Gasteiger charge is -2.19. The van der Waals surface area contributed by atoms with E-state index >= 15 is 0 Å². The monoisotopic (exact) mass is 315 g/mol. The number of hydrogen-bond acceptors (Lipinski definition) is 4. The summed E-state index contributed by atoms with van der Waals surface area (Å²) in [6.45, 7) is 12.5. The van der Waals surface area contributed by atoms with Gasteiger partial charge >= 0.3 is 6.09 Å². The van der Waals surface area contributed by atoms with Gasteiger partial charge in [0.25, 0.3) is 0 Å². The molecule has 0 atom stereocenters. The molecule has 0 fully saturated rings. The first kappa shape index (κ1) is 19.4. The quantitative estimate of drug-likeness (QED) is 0.765. The SMILES string of the molecule is C=C(/C=C\C(=C/C)S(=O)(=O)CC)CNC(=O)OC(C)(C)C. The van der Waals surface area contributed by atoms with Gasteiger partial charge in [-0.25, -0.2) is 13.2 Å².